The fraction of sp³-hybridized carbons (Fsp3) is 0.846. The maximum atomic E-state index is 13.7. The van der Waals surface area contributed by atoms with Crippen molar-refractivity contribution in [2.24, 2.45) is 29.1 Å². The number of likely N-dealkylation sites (tertiary alicyclic amines) is 2. The van der Waals surface area contributed by atoms with Gasteiger partial charge in [-0.15, -0.1) is 0 Å². The van der Waals surface area contributed by atoms with Crippen LogP contribution in [0.2, 0.25) is 0 Å². The van der Waals surface area contributed by atoms with Crippen molar-refractivity contribution >= 4 is 23.8 Å². The zero-order valence-electron chi connectivity index (χ0n) is 20.3. The van der Waals surface area contributed by atoms with Crippen LogP contribution in [0.25, 0.3) is 0 Å². The van der Waals surface area contributed by atoms with Crippen LogP contribution < -0.4 is 0 Å². The van der Waals surface area contributed by atoms with Gasteiger partial charge in [-0.3, -0.25) is 14.4 Å². The van der Waals surface area contributed by atoms with Gasteiger partial charge in [-0.25, -0.2) is 4.79 Å². The molecule has 0 aromatic carbocycles. The molecule has 1 atom stereocenters. The van der Waals surface area contributed by atoms with Crippen LogP contribution in [0.1, 0.15) is 71.1 Å². The summed E-state index contributed by atoms with van der Waals surface area (Å²) in [6, 6.07) is -0.567. The molecule has 1 unspecified atom stereocenters. The molecule has 8 nitrogen and oxygen atoms in total. The first-order chi connectivity index (χ1) is 16.4. The van der Waals surface area contributed by atoms with Crippen molar-refractivity contribution in [3.63, 3.8) is 0 Å². The van der Waals surface area contributed by atoms with E-state index < -0.39 is 12.0 Å². The van der Waals surface area contributed by atoms with Crippen LogP contribution in [-0.2, 0) is 28.7 Å². The fourth-order valence-corrected chi connectivity index (χ4v) is 7.88. The second-order valence-electron chi connectivity index (χ2n) is 11.4. The molecule has 2 heterocycles. The molecule has 6 aliphatic rings. The summed E-state index contributed by atoms with van der Waals surface area (Å²) in [5.74, 6) is 1.12. The first-order valence-corrected chi connectivity index (χ1v) is 13.3. The Labute approximate surface area is 201 Å². The Bertz CT molecular complexity index is 798. The van der Waals surface area contributed by atoms with E-state index in [1.165, 1.54) is 19.3 Å². The van der Waals surface area contributed by atoms with Crippen LogP contribution in [0.5, 0.6) is 0 Å². The van der Waals surface area contributed by atoms with Gasteiger partial charge in [0.1, 0.15) is 6.04 Å². The van der Waals surface area contributed by atoms with Crippen LogP contribution in [0, 0.1) is 29.1 Å². The average Bonchev–Trinajstić information content (AvgIpc) is 3.31. The minimum Gasteiger partial charge on any atom is -0.466 e. The number of rotatable bonds is 6. The van der Waals surface area contributed by atoms with E-state index in [0.29, 0.717) is 63.3 Å². The molecular weight excluding hydrogens is 436 g/mol. The number of hydrogen-bond acceptors (Lipinski definition) is 6. The Morgan fingerprint density at radius 2 is 1.44 bits per heavy atom. The number of esters is 2. The number of amides is 2. The van der Waals surface area contributed by atoms with Gasteiger partial charge in [0.25, 0.3) is 5.91 Å². The third kappa shape index (κ3) is 4.44. The summed E-state index contributed by atoms with van der Waals surface area (Å²) in [7, 11) is 0. The molecule has 4 aliphatic carbocycles. The minimum absolute atomic E-state index is 0.165. The minimum atomic E-state index is -0.567. The summed E-state index contributed by atoms with van der Waals surface area (Å²) < 4.78 is 10.5. The predicted octanol–water partition coefficient (Wildman–Crippen LogP) is 2.54. The standard InChI is InChI=1S/C26H38N2O6/c1-2-33-23(30)20-5-8-27(9-6-20)22(29)16-34-24(31)21-4-3-7-28(21)25(32)26-13-17-10-18(14-26)12-19(11-17)15-26/h17-21H,2-16H2,1H3. The lowest BCUT2D eigenvalue weighted by atomic mass is 9.49. The maximum absolute atomic E-state index is 13.7. The van der Waals surface area contributed by atoms with Crippen molar-refractivity contribution in [3.05, 3.63) is 0 Å². The second-order valence-corrected chi connectivity index (χ2v) is 11.4. The van der Waals surface area contributed by atoms with Gasteiger partial charge in [-0.05, 0) is 88.9 Å². The van der Waals surface area contributed by atoms with Gasteiger partial charge in [0.2, 0.25) is 5.91 Å². The van der Waals surface area contributed by atoms with Crippen molar-refractivity contribution in [2.75, 3.05) is 32.8 Å². The van der Waals surface area contributed by atoms with E-state index >= 15 is 0 Å². The summed E-state index contributed by atoms with van der Waals surface area (Å²) in [6.07, 6.45) is 9.31. The molecule has 4 saturated carbocycles. The number of ether oxygens (including phenoxy) is 2. The van der Waals surface area contributed by atoms with Gasteiger partial charge in [-0.2, -0.15) is 0 Å². The monoisotopic (exact) mass is 474 g/mol. The Morgan fingerprint density at radius 3 is 2.03 bits per heavy atom. The normalized spacial score (nSPS) is 34.9. The Balaban J connectivity index is 1.13. The van der Waals surface area contributed by atoms with Crippen LogP contribution in [0.4, 0.5) is 0 Å². The molecule has 188 valence electrons. The molecule has 34 heavy (non-hydrogen) atoms. The molecule has 2 saturated heterocycles. The SMILES string of the molecule is CCOC(=O)C1CCN(C(=O)COC(=O)C2CCCN2C(=O)C23CC4CC(CC(C4)C2)C3)CC1. The molecule has 0 aromatic heterocycles. The summed E-state index contributed by atoms with van der Waals surface area (Å²) in [6.45, 7) is 3.36. The van der Waals surface area contributed by atoms with E-state index in [1.54, 1.807) is 16.7 Å². The number of hydrogen-bond donors (Lipinski definition) is 0. The van der Waals surface area contributed by atoms with E-state index in [-0.39, 0.29) is 35.7 Å². The summed E-state index contributed by atoms with van der Waals surface area (Å²) in [5, 5.41) is 0. The third-order valence-electron chi connectivity index (χ3n) is 9.08. The first kappa shape index (κ1) is 23.6. The van der Waals surface area contributed by atoms with Crippen molar-refractivity contribution in [2.45, 2.75) is 77.2 Å². The van der Waals surface area contributed by atoms with Gasteiger partial charge in [0, 0.05) is 19.6 Å². The Hall–Kier alpha value is -2.12. The highest BCUT2D eigenvalue weighted by molar-refractivity contribution is 5.90. The summed E-state index contributed by atoms with van der Waals surface area (Å²) >= 11 is 0. The second kappa shape index (κ2) is 9.50. The van der Waals surface area contributed by atoms with E-state index in [4.69, 9.17) is 9.47 Å². The largest absolute Gasteiger partial charge is 0.466 e. The topological polar surface area (TPSA) is 93.2 Å². The molecule has 2 aliphatic heterocycles. The van der Waals surface area contributed by atoms with Gasteiger partial charge in [-0.1, -0.05) is 0 Å². The third-order valence-corrected chi connectivity index (χ3v) is 9.08. The molecular formula is C26H38N2O6. The van der Waals surface area contributed by atoms with E-state index in [9.17, 15) is 19.2 Å². The molecule has 0 radical (unpaired) electrons. The first-order valence-electron chi connectivity index (χ1n) is 13.3. The van der Waals surface area contributed by atoms with E-state index in [0.717, 1.165) is 25.7 Å². The summed E-state index contributed by atoms with van der Waals surface area (Å²) in [5.41, 5.74) is -0.267. The quantitative estimate of drug-likeness (QED) is 0.549. The zero-order valence-corrected chi connectivity index (χ0v) is 20.3. The molecule has 2 amide bonds. The Kier molecular flexibility index (Phi) is 6.60. The lowest BCUT2D eigenvalue weighted by Gasteiger charge is -2.56. The number of nitrogens with zero attached hydrogens (tertiary/aromatic N) is 2. The molecule has 6 rings (SSSR count). The van der Waals surface area contributed by atoms with Crippen molar-refractivity contribution in [1.29, 1.82) is 0 Å². The molecule has 0 spiro atoms. The van der Waals surface area contributed by atoms with Crippen LogP contribution >= 0.6 is 0 Å². The van der Waals surface area contributed by atoms with Gasteiger partial charge in [0.05, 0.1) is 17.9 Å². The predicted molar refractivity (Wildman–Crippen MR) is 122 cm³/mol. The highest BCUT2D eigenvalue weighted by Gasteiger charge is 2.57. The molecule has 6 fully saturated rings. The Morgan fingerprint density at radius 1 is 0.824 bits per heavy atom. The highest BCUT2D eigenvalue weighted by Crippen LogP contribution is 2.60. The van der Waals surface area contributed by atoms with E-state index in [2.05, 4.69) is 0 Å². The fourth-order valence-electron chi connectivity index (χ4n) is 7.88. The molecule has 0 N–H and O–H groups in total. The zero-order chi connectivity index (χ0) is 23.9. The van der Waals surface area contributed by atoms with E-state index in [1.807, 2.05) is 0 Å². The van der Waals surface area contributed by atoms with Crippen LogP contribution in [0.15, 0.2) is 0 Å². The molecule has 4 bridgehead atoms. The van der Waals surface area contributed by atoms with Crippen LogP contribution in [-0.4, -0.2) is 72.4 Å². The van der Waals surface area contributed by atoms with Gasteiger partial charge < -0.3 is 19.3 Å². The molecule has 0 aromatic rings. The average molecular weight is 475 g/mol. The smallest absolute Gasteiger partial charge is 0.329 e. The number of piperidine rings is 1. The van der Waals surface area contributed by atoms with Crippen molar-refractivity contribution in [1.82, 2.24) is 9.80 Å². The number of carbonyl (C=O) groups excluding carboxylic acids is 4. The van der Waals surface area contributed by atoms with Crippen LogP contribution in [0.3, 0.4) is 0 Å². The molecule has 8 heteroatoms. The maximum Gasteiger partial charge on any atom is 0.329 e. The van der Waals surface area contributed by atoms with Crippen molar-refractivity contribution < 1.29 is 28.7 Å². The lowest BCUT2D eigenvalue weighted by molar-refractivity contribution is -0.167. The highest BCUT2D eigenvalue weighted by atomic mass is 16.5. The van der Waals surface area contributed by atoms with Gasteiger partial charge >= 0.3 is 11.9 Å². The van der Waals surface area contributed by atoms with Crippen molar-refractivity contribution in [3.8, 4) is 0 Å². The van der Waals surface area contributed by atoms with Gasteiger partial charge in [0.15, 0.2) is 6.61 Å². The lowest BCUT2D eigenvalue weighted by Crippen LogP contribution is -2.56. The number of carbonyl (C=O) groups is 4. The summed E-state index contributed by atoms with van der Waals surface area (Å²) in [4.78, 5) is 54.6.